The minimum atomic E-state index is -0.741. The van der Waals surface area contributed by atoms with Crippen LogP contribution < -0.4 is 14.8 Å². The van der Waals surface area contributed by atoms with Crippen LogP contribution in [0.3, 0.4) is 0 Å². The predicted molar refractivity (Wildman–Crippen MR) is 88.4 cm³/mol. The van der Waals surface area contributed by atoms with Crippen LogP contribution >= 0.6 is 11.6 Å². The molecule has 0 saturated heterocycles. The molecule has 0 unspecified atom stereocenters. The zero-order valence-corrected chi connectivity index (χ0v) is 14.1. The van der Waals surface area contributed by atoms with Gasteiger partial charge in [-0.1, -0.05) is 11.6 Å². The molecule has 2 rings (SSSR count). The Morgan fingerprint density at radius 1 is 1.12 bits per heavy atom. The molecule has 8 heteroatoms. The van der Waals surface area contributed by atoms with Gasteiger partial charge in [-0.2, -0.15) is 0 Å². The Hall–Kier alpha value is -2.54. The van der Waals surface area contributed by atoms with Crippen molar-refractivity contribution in [2.24, 2.45) is 0 Å². The highest BCUT2D eigenvalue weighted by Crippen LogP contribution is 2.31. The van der Waals surface area contributed by atoms with Crippen molar-refractivity contribution in [2.75, 3.05) is 19.8 Å². The van der Waals surface area contributed by atoms with E-state index in [0.29, 0.717) is 11.5 Å². The predicted octanol–water partition coefficient (Wildman–Crippen LogP) is 4.54. The average Bonchev–Trinajstić information content (AvgIpc) is 2.52. The van der Waals surface area contributed by atoms with Crippen molar-refractivity contribution in [2.45, 2.75) is 6.92 Å². The molecule has 2 aromatic carbocycles. The first-order chi connectivity index (χ1) is 12.0. The second-order valence-corrected chi connectivity index (χ2v) is 5.20. The van der Waals surface area contributed by atoms with Crippen molar-refractivity contribution in [3.05, 3.63) is 53.1 Å². The molecule has 0 atom stereocenters. The Balaban J connectivity index is 1.90. The summed E-state index contributed by atoms with van der Waals surface area (Å²) in [5, 5.41) is 2.76. The standard InChI is InChI=1S/C17H16ClF2NO4/c1-2-23-17(22)21-5-6-24-16-4-3-13(10-15(16)18)25-14-8-11(19)7-12(20)9-14/h3-4,7-10H,2,5-6H2,1H3,(H,21,22). The highest BCUT2D eigenvalue weighted by molar-refractivity contribution is 6.32. The highest BCUT2D eigenvalue weighted by Gasteiger charge is 2.07. The lowest BCUT2D eigenvalue weighted by atomic mass is 10.3. The van der Waals surface area contributed by atoms with Gasteiger partial charge in [0, 0.05) is 24.3 Å². The molecule has 134 valence electrons. The SMILES string of the molecule is CCOC(=O)NCCOc1ccc(Oc2cc(F)cc(F)c2)cc1Cl. The van der Waals surface area contributed by atoms with Crippen molar-refractivity contribution in [3.8, 4) is 17.2 Å². The van der Waals surface area contributed by atoms with E-state index in [9.17, 15) is 13.6 Å². The number of carbonyl (C=O) groups is 1. The molecule has 0 aliphatic heterocycles. The van der Waals surface area contributed by atoms with Crippen LogP contribution in [0.5, 0.6) is 17.2 Å². The van der Waals surface area contributed by atoms with Gasteiger partial charge in [0.05, 0.1) is 18.2 Å². The fourth-order valence-corrected chi connectivity index (χ4v) is 2.11. The van der Waals surface area contributed by atoms with Gasteiger partial charge in [-0.3, -0.25) is 0 Å². The van der Waals surface area contributed by atoms with Gasteiger partial charge in [0.25, 0.3) is 0 Å². The van der Waals surface area contributed by atoms with E-state index in [4.69, 9.17) is 25.8 Å². The van der Waals surface area contributed by atoms with E-state index < -0.39 is 17.7 Å². The molecule has 5 nitrogen and oxygen atoms in total. The lowest BCUT2D eigenvalue weighted by molar-refractivity contribution is 0.150. The lowest BCUT2D eigenvalue weighted by Crippen LogP contribution is -2.28. The van der Waals surface area contributed by atoms with Gasteiger partial charge in [0.2, 0.25) is 0 Å². The molecule has 0 saturated carbocycles. The summed E-state index contributed by atoms with van der Waals surface area (Å²) in [4.78, 5) is 11.1. The number of amides is 1. The maximum atomic E-state index is 13.1. The molecule has 0 aliphatic carbocycles. The van der Waals surface area contributed by atoms with Crippen molar-refractivity contribution in [3.63, 3.8) is 0 Å². The van der Waals surface area contributed by atoms with Gasteiger partial charge in [-0.15, -0.1) is 0 Å². The fourth-order valence-electron chi connectivity index (χ4n) is 1.88. The Bertz CT molecular complexity index is 722. The number of carbonyl (C=O) groups excluding carboxylic acids is 1. The van der Waals surface area contributed by atoms with Crippen LogP contribution in [0.25, 0.3) is 0 Å². The molecule has 25 heavy (non-hydrogen) atoms. The molecular weight excluding hydrogens is 356 g/mol. The van der Waals surface area contributed by atoms with E-state index in [2.05, 4.69) is 5.32 Å². The summed E-state index contributed by atoms with van der Waals surface area (Å²) in [7, 11) is 0. The van der Waals surface area contributed by atoms with E-state index in [1.165, 1.54) is 6.07 Å². The summed E-state index contributed by atoms with van der Waals surface area (Å²) >= 11 is 6.08. The van der Waals surface area contributed by atoms with Crippen molar-refractivity contribution >= 4 is 17.7 Å². The highest BCUT2D eigenvalue weighted by atomic mass is 35.5. The maximum Gasteiger partial charge on any atom is 0.407 e. The first-order valence-corrected chi connectivity index (χ1v) is 7.82. The molecule has 0 fully saturated rings. The summed E-state index contributed by atoms with van der Waals surface area (Å²) in [6.07, 6.45) is -0.525. The lowest BCUT2D eigenvalue weighted by Gasteiger charge is -2.11. The van der Waals surface area contributed by atoms with Gasteiger partial charge < -0.3 is 19.5 Å². The maximum absolute atomic E-state index is 13.1. The van der Waals surface area contributed by atoms with Gasteiger partial charge in [0.1, 0.15) is 35.5 Å². The van der Waals surface area contributed by atoms with E-state index in [0.717, 1.165) is 18.2 Å². The van der Waals surface area contributed by atoms with Gasteiger partial charge >= 0.3 is 6.09 Å². The molecular formula is C17H16ClF2NO4. The van der Waals surface area contributed by atoms with Gasteiger partial charge in [-0.25, -0.2) is 13.6 Å². The molecule has 1 N–H and O–H groups in total. The Morgan fingerprint density at radius 2 is 1.84 bits per heavy atom. The average molecular weight is 372 g/mol. The van der Waals surface area contributed by atoms with Crippen LogP contribution in [0.2, 0.25) is 5.02 Å². The topological polar surface area (TPSA) is 56.8 Å². The zero-order chi connectivity index (χ0) is 18.2. The molecule has 0 aliphatic rings. The summed E-state index contributed by atoms with van der Waals surface area (Å²) in [6, 6.07) is 7.42. The largest absolute Gasteiger partial charge is 0.490 e. The normalized spacial score (nSPS) is 10.2. The number of hydrogen-bond acceptors (Lipinski definition) is 4. The smallest absolute Gasteiger partial charge is 0.407 e. The first kappa shape index (κ1) is 18.8. The minimum absolute atomic E-state index is 0.0147. The number of nitrogens with one attached hydrogen (secondary N) is 1. The van der Waals surface area contributed by atoms with E-state index >= 15 is 0 Å². The number of hydrogen-bond donors (Lipinski definition) is 1. The number of ether oxygens (including phenoxy) is 3. The van der Waals surface area contributed by atoms with Crippen LogP contribution in [0.1, 0.15) is 6.92 Å². The van der Waals surface area contributed by atoms with Crippen LogP contribution in [-0.2, 0) is 4.74 Å². The second-order valence-electron chi connectivity index (χ2n) is 4.80. The number of benzene rings is 2. The van der Waals surface area contributed by atoms with Crippen molar-refractivity contribution in [1.29, 1.82) is 0 Å². The Morgan fingerprint density at radius 3 is 2.48 bits per heavy atom. The summed E-state index contributed by atoms with van der Waals surface area (Å²) < 4.78 is 41.8. The molecule has 0 aromatic heterocycles. The first-order valence-electron chi connectivity index (χ1n) is 7.45. The van der Waals surface area contributed by atoms with Crippen LogP contribution in [0.15, 0.2) is 36.4 Å². The third kappa shape index (κ3) is 6.11. The van der Waals surface area contributed by atoms with Gasteiger partial charge in [-0.05, 0) is 19.1 Å². The summed E-state index contributed by atoms with van der Waals surface area (Å²) in [5.41, 5.74) is 0. The number of halogens is 3. The minimum Gasteiger partial charge on any atom is -0.490 e. The van der Waals surface area contributed by atoms with Gasteiger partial charge in [0.15, 0.2) is 0 Å². The Kier molecular flexibility index (Phi) is 6.82. The van der Waals surface area contributed by atoms with Crippen LogP contribution in [0.4, 0.5) is 13.6 Å². The molecule has 0 heterocycles. The molecule has 0 bridgehead atoms. The third-order valence-electron chi connectivity index (χ3n) is 2.88. The third-order valence-corrected chi connectivity index (χ3v) is 3.17. The van der Waals surface area contributed by atoms with Crippen LogP contribution in [-0.4, -0.2) is 25.9 Å². The molecule has 2 aromatic rings. The number of rotatable bonds is 7. The zero-order valence-electron chi connectivity index (χ0n) is 13.4. The second kappa shape index (κ2) is 9.08. The van der Waals surface area contributed by atoms with Crippen molar-refractivity contribution < 1.29 is 27.8 Å². The van der Waals surface area contributed by atoms with E-state index in [1.54, 1.807) is 19.1 Å². The Labute approximate surface area is 148 Å². The summed E-state index contributed by atoms with van der Waals surface area (Å²) in [6.45, 7) is 2.43. The molecule has 0 radical (unpaired) electrons. The molecule has 0 spiro atoms. The van der Waals surface area contributed by atoms with E-state index in [-0.39, 0.29) is 30.5 Å². The number of alkyl carbamates (subject to hydrolysis) is 1. The molecule has 1 amide bonds. The monoisotopic (exact) mass is 371 g/mol. The fraction of sp³-hybridized carbons (Fsp3) is 0.235. The summed E-state index contributed by atoms with van der Waals surface area (Å²) in [5.74, 6) is -0.789. The van der Waals surface area contributed by atoms with E-state index in [1.807, 2.05) is 0 Å². The van der Waals surface area contributed by atoms with Crippen molar-refractivity contribution in [1.82, 2.24) is 5.32 Å². The quantitative estimate of drug-likeness (QED) is 0.726. The van der Waals surface area contributed by atoms with Crippen LogP contribution in [0, 0.1) is 11.6 Å².